The number of amides is 1. The van der Waals surface area contributed by atoms with Crippen molar-refractivity contribution in [3.05, 3.63) is 29.8 Å². The van der Waals surface area contributed by atoms with Crippen molar-refractivity contribution in [1.29, 1.82) is 0 Å². The van der Waals surface area contributed by atoms with Gasteiger partial charge in [-0.05, 0) is 18.9 Å². The van der Waals surface area contributed by atoms with Gasteiger partial charge in [-0.25, -0.2) is 0 Å². The Hall–Kier alpha value is -1.55. The first-order valence-electron chi connectivity index (χ1n) is 5.91. The van der Waals surface area contributed by atoms with Crippen LogP contribution in [0, 0.1) is 0 Å². The van der Waals surface area contributed by atoms with E-state index in [1.807, 2.05) is 6.07 Å². The van der Waals surface area contributed by atoms with Crippen molar-refractivity contribution in [2.24, 2.45) is 0 Å². The first kappa shape index (κ1) is 11.9. The van der Waals surface area contributed by atoms with Gasteiger partial charge < -0.3 is 15.2 Å². The number of nitrogens with one attached hydrogen (secondary N) is 1. The van der Waals surface area contributed by atoms with E-state index >= 15 is 0 Å². The maximum Gasteiger partial charge on any atom is 0.224 e. The summed E-state index contributed by atoms with van der Waals surface area (Å²) in [6, 6.07) is 6.88. The standard InChI is InChI=1S/C13H17NO3/c15-12-6-2-1-4-10(12)8-13(16)14-9-11-5-3-7-17-11/h1-2,4,6,11,15H,3,5,7-9H2,(H,14,16). The third-order valence-electron chi connectivity index (χ3n) is 2.89. The van der Waals surface area contributed by atoms with Crippen molar-refractivity contribution in [2.75, 3.05) is 13.2 Å². The third kappa shape index (κ3) is 3.46. The lowest BCUT2D eigenvalue weighted by Crippen LogP contribution is -2.32. The number of hydrogen-bond acceptors (Lipinski definition) is 3. The average molecular weight is 235 g/mol. The van der Waals surface area contributed by atoms with Gasteiger partial charge in [-0.3, -0.25) is 4.79 Å². The predicted octanol–water partition coefficient (Wildman–Crippen LogP) is 1.23. The maximum atomic E-state index is 11.6. The largest absolute Gasteiger partial charge is 0.508 e. The summed E-state index contributed by atoms with van der Waals surface area (Å²) in [5.74, 6) is 0.0850. The number of aromatic hydroxyl groups is 1. The molecule has 4 nitrogen and oxygen atoms in total. The Morgan fingerprint density at radius 1 is 1.47 bits per heavy atom. The van der Waals surface area contributed by atoms with E-state index in [0.29, 0.717) is 12.1 Å². The molecule has 1 saturated heterocycles. The molecule has 1 fully saturated rings. The van der Waals surface area contributed by atoms with Crippen molar-refractivity contribution in [3.63, 3.8) is 0 Å². The summed E-state index contributed by atoms with van der Waals surface area (Å²) < 4.78 is 5.41. The molecule has 17 heavy (non-hydrogen) atoms. The number of rotatable bonds is 4. The molecule has 1 unspecified atom stereocenters. The molecule has 92 valence electrons. The zero-order valence-electron chi connectivity index (χ0n) is 9.69. The zero-order chi connectivity index (χ0) is 12.1. The molecule has 0 saturated carbocycles. The van der Waals surface area contributed by atoms with Gasteiger partial charge in [0.25, 0.3) is 0 Å². The third-order valence-corrected chi connectivity index (χ3v) is 2.89. The van der Waals surface area contributed by atoms with Gasteiger partial charge in [0.05, 0.1) is 12.5 Å². The van der Waals surface area contributed by atoms with Gasteiger partial charge in [0, 0.05) is 18.7 Å². The monoisotopic (exact) mass is 235 g/mol. The lowest BCUT2D eigenvalue weighted by Gasteiger charge is -2.11. The molecular formula is C13H17NO3. The topological polar surface area (TPSA) is 58.6 Å². The highest BCUT2D eigenvalue weighted by molar-refractivity contribution is 5.79. The minimum atomic E-state index is -0.0815. The molecule has 1 amide bonds. The number of carbonyl (C=O) groups is 1. The Balaban J connectivity index is 1.79. The number of benzene rings is 1. The highest BCUT2D eigenvalue weighted by Gasteiger charge is 2.16. The Morgan fingerprint density at radius 2 is 2.29 bits per heavy atom. The number of carbonyl (C=O) groups excluding carboxylic acids is 1. The van der Waals surface area contributed by atoms with Crippen LogP contribution in [0.4, 0.5) is 0 Å². The van der Waals surface area contributed by atoms with Crippen molar-refractivity contribution < 1.29 is 14.6 Å². The van der Waals surface area contributed by atoms with Crippen molar-refractivity contribution >= 4 is 5.91 Å². The summed E-state index contributed by atoms with van der Waals surface area (Å²) in [6.07, 6.45) is 2.44. The van der Waals surface area contributed by atoms with E-state index in [4.69, 9.17) is 4.74 Å². The molecule has 4 heteroatoms. The smallest absolute Gasteiger partial charge is 0.224 e. The summed E-state index contributed by atoms with van der Waals surface area (Å²) in [6.45, 7) is 1.35. The van der Waals surface area contributed by atoms with Gasteiger partial charge in [-0.15, -0.1) is 0 Å². The molecule has 2 rings (SSSR count). The Labute approximate surface area is 101 Å². The number of para-hydroxylation sites is 1. The molecular weight excluding hydrogens is 218 g/mol. The number of hydrogen-bond donors (Lipinski definition) is 2. The van der Waals surface area contributed by atoms with Crippen LogP contribution in [0.2, 0.25) is 0 Å². The van der Waals surface area contributed by atoms with Crippen molar-refractivity contribution in [3.8, 4) is 5.75 Å². The molecule has 0 spiro atoms. The Kier molecular flexibility index (Phi) is 3.98. The first-order valence-corrected chi connectivity index (χ1v) is 5.91. The second-order valence-corrected chi connectivity index (χ2v) is 4.24. The molecule has 1 aromatic rings. The summed E-state index contributed by atoms with van der Waals surface area (Å²) in [4.78, 5) is 11.6. The van der Waals surface area contributed by atoms with Gasteiger partial charge in [-0.1, -0.05) is 18.2 Å². The zero-order valence-corrected chi connectivity index (χ0v) is 9.69. The quantitative estimate of drug-likeness (QED) is 0.825. The summed E-state index contributed by atoms with van der Waals surface area (Å²) in [5, 5.41) is 12.4. The van der Waals surface area contributed by atoms with E-state index in [1.54, 1.807) is 18.2 Å². The maximum absolute atomic E-state index is 11.6. The van der Waals surface area contributed by atoms with Gasteiger partial charge in [0.2, 0.25) is 5.91 Å². The second-order valence-electron chi connectivity index (χ2n) is 4.24. The van der Waals surface area contributed by atoms with Gasteiger partial charge >= 0.3 is 0 Å². The molecule has 0 bridgehead atoms. The molecule has 2 N–H and O–H groups in total. The molecule has 1 aromatic carbocycles. The summed E-state index contributed by atoms with van der Waals surface area (Å²) >= 11 is 0. The second kappa shape index (κ2) is 5.68. The molecule has 1 heterocycles. The fraction of sp³-hybridized carbons (Fsp3) is 0.462. The number of phenolic OH excluding ortho intramolecular Hbond substituents is 1. The summed E-state index contributed by atoms with van der Waals surface area (Å²) in [7, 11) is 0. The number of phenols is 1. The van der Waals surface area contributed by atoms with Crippen molar-refractivity contribution in [1.82, 2.24) is 5.32 Å². The average Bonchev–Trinajstić information content (AvgIpc) is 2.82. The lowest BCUT2D eigenvalue weighted by atomic mass is 10.1. The van der Waals surface area contributed by atoms with Crippen LogP contribution in [0.15, 0.2) is 24.3 Å². The highest BCUT2D eigenvalue weighted by atomic mass is 16.5. The van der Waals surface area contributed by atoms with Crippen molar-refractivity contribution in [2.45, 2.75) is 25.4 Å². The predicted molar refractivity (Wildman–Crippen MR) is 63.8 cm³/mol. The van der Waals surface area contributed by atoms with Crippen LogP contribution in [0.5, 0.6) is 5.75 Å². The molecule has 1 atom stereocenters. The number of ether oxygens (including phenoxy) is 1. The van der Waals surface area contributed by atoms with Gasteiger partial charge in [0.1, 0.15) is 5.75 Å². The van der Waals surface area contributed by atoms with Crippen LogP contribution in [0.1, 0.15) is 18.4 Å². The molecule has 1 aliphatic heterocycles. The van der Waals surface area contributed by atoms with E-state index in [1.165, 1.54) is 0 Å². The highest BCUT2D eigenvalue weighted by Crippen LogP contribution is 2.16. The van der Waals surface area contributed by atoms with Crippen LogP contribution in [0.25, 0.3) is 0 Å². The lowest BCUT2D eigenvalue weighted by molar-refractivity contribution is -0.120. The van der Waals surface area contributed by atoms with E-state index in [-0.39, 0.29) is 24.2 Å². The molecule has 1 aliphatic rings. The normalized spacial score (nSPS) is 19.2. The SMILES string of the molecule is O=C(Cc1ccccc1O)NCC1CCCO1. The van der Waals surface area contributed by atoms with Crippen LogP contribution < -0.4 is 5.32 Å². The van der Waals surface area contributed by atoms with Crippen LogP contribution >= 0.6 is 0 Å². The van der Waals surface area contributed by atoms with Crippen LogP contribution in [-0.4, -0.2) is 30.3 Å². The van der Waals surface area contributed by atoms with E-state index in [0.717, 1.165) is 19.4 Å². The van der Waals surface area contributed by atoms with E-state index < -0.39 is 0 Å². The minimum absolute atomic E-state index is 0.0815. The van der Waals surface area contributed by atoms with Gasteiger partial charge in [0.15, 0.2) is 0 Å². The Bertz CT molecular complexity index is 386. The molecule has 0 radical (unpaired) electrons. The fourth-order valence-corrected chi connectivity index (χ4v) is 1.93. The fourth-order valence-electron chi connectivity index (χ4n) is 1.93. The molecule has 0 aliphatic carbocycles. The minimum Gasteiger partial charge on any atom is -0.508 e. The van der Waals surface area contributed by atoms with E-state index in [2.05, 4.69) is 5.32 Å². The van der Waals surface area contributed by atoms with E-state index in [9.17, 15) is 9.90 Å². The van der Waals surface area contributed by atoms with Crippen LogP contribution in [0.3, 0.4) is 0 Å². The van der Waals surface area contributed by atoms with Gasteiger partial charge in [-0.2, -0.15) is 0 Å². The Morgan fingerprint density at radius 3 is 3.00 bits per heavy atom. The van der Waals surface area contributed by atoms with Crippen LogP contribution in [-0.2, 0) is 16.0 Å². The first-order chi connectivity index (χ1) is 8.25. The molecule has 0 aromatic heterocycles. The summed E-state index contributed by atoms with van der Waals surface area (Å²) in [5.41, 5.74) is 0.650.